The number of hydrogen-bond acceptors (Lipinski definition) is 6. The molecule has 3 aromatic rings. The highest BCUT2D eigenvalue weighted by Crippen LogP contribution is 2.23. The van der Waals surface area contributed by atoms with Crippen molar-refractivity contribution in [2.75, 3.05) is 43.4 Å². The van der Waals surface area contributed by atoms with E-state index in [0.717, 1.165) is 36.2 Å². The zero-order chi connectivity index (χ0) is 22.9. The predicted molar refractivity (Wildman–Crippen MR) is 127 cm³/mol. The van der Waals surface area contributed by atoms with Gasteiger partial charge < -0.3 is 20.9 Å². The number of urea groups is 1. The van der Waals surface area contributed by atoms with Crippen molar-refractivity contribution < 1.29 is 9.59 Å². The Bertz CT molecular complexity index is 1060. The van der Waals surface area contributed by atoms with Crippen LogP contribution >= 0.6 is 0 Å². The van der Waals surface area contributed by atoms with E-state index in [0.29, 0.717) is 24.7 Å². The van der Waals surface area contributed by atoms with Crippen molar-refractivity contribution in [2.24, 2.45) is 0 Å². The summed E-state index contributed by atoms with van der Waals surface area (Å²) in [5.74, 6) is 0.937. The van der Waals surface area contributed by atoms with Crippen LogP contribution in [-0.4, -0.2) is 64.2 Å². The molecule has 170 valence electrons. The molecule has 0 aliphatic carbocycles. The Morgan fingerprint density at radius 2 is 1.78 bits per heavy atom. The SMILES string of the molecule is CCNC(=O)n1ccc2cc(Nc3cc(NC(=O)NCCN(CC)CC)ncn3)ccc21. The highest BCUT2D eigenvalue weighted by molar-refractivity contribution is 5.93. The number of fused-ring (bicyclic) bond motifs is 1. The molecule has 0 saturated carbocycles. The second kappa shape index (κ2) is 11.1. The molecular formula is C22H30N8O2. The molecule has 3 rings (SSSR count). The number of benzene rings is 1. The van der Waals surface area contributed by atoms with Crippen molar-refractivity contribution in [1.29, 1.82) is 0 Å². The summed E-state index contributed by atoms with van der Waals surface area (Å²) in [6.45, 7) is 9.88. The minimum atomic E-state index is -0.310. The van der Waals surface area contributed by atoms with Gasteiger partial charge in [-0.15, -0.1) is 0 Å². The Labute approximate surface area is 187 Å². The number of likely N-dealkylation sites (N-methyl/N-ethyl adjacent to an activating group) is 1. The van der Waals surface area contributed by atoms with Gasteiger partial charge in [-0.25, -0.2) is 19.6 Å². The molecule has 32 heavy (non-hydrogen) atoms. The molecule has 0 bridgehead atoms. The lowest BCUT2D eigenvalue weighted by Gasteiger charge is -2.18. The largest absolute Gasteiger partial charge is 0.340 e. The molecule has 0 aliphatic heterocycles. The molecule has 10 nitrogen and oxygen atoms in total. The molecule has 1 aromatic carbocycles. The summed E-state index contributed by atoms with van der Waals surface area (Å²) in [5.41, 5.74) is 1.62. The van der Waals surface area contributed by atoms with Crippen LogP contribution in [0.2, 0.25) is 0 Å². The number of hydrogen-bond donors (Lipinski definition) is 4. The lowest BCUT2D eigenvalue weighted by molar-refractivity contribution is 0.243. The van der Waals surface area contributed by atoms with Crippen LogP contribution in [0.5, 0.6) is 0 Å². The van der Waals surface area contributed by atoms with Crippen LogP contribution in [0.4, 0.5) is 26.9 Å². The zero-order valence-corrected chi connectivity index (χ0v) is 18.7. The Hall–Kier alpha value is -3.66. The van der Waals surface area contributed by atoms with Gasteiger partial charge in [-0.05, 0) is 44.3 Å². The van der Waals surface area contributed by atoms with E-state index in [-0.39, 0.29) is 12.1 Å². The third-order valence-electron chi connectivity index (χ3n) is 5.03. The molecule has 0 fully saturated rings. The van der Waals surface area contributed by atoms with Crippen molar-refractivity contribution >= 4 is 40.3 Å². The summed E-state index contributed by atoms with van der Waals surface area (Å²) in [5, 5.41) is 12.5. The van der Waals surface area contributed by atoms with Gasteiger partial charge in [-0.1, -0.05) is 13.8 Å². The Kier molecular flexibility index (Phi) is 7.98. The number of nitrogens with zero attached hydrogens (tertiary/aromatic N) is 4. The minimum absolute atomic E-state index is 0.162. The van der Waals surface area contributed by atoms with Gasteiger partial charge in [0.15, 0.2) is 0 Å². The molecule has 0 unspecified atom stereocenters. The van der Waals surface area contributed by atoms with Crippen molar-refractivity contribution in [3.8, 4) is 0 Å². The second-order valence-corrected chi connectivity index (χ2v) is 7.12. The van der Waals surface area contributed by atoms with Gasteiger partial charge in [0.1, 0.15) is 18.0 Å². The van der Waals surface area contributed by atoms with E-state index in [1.165, 1.54) is 6.33 Å². The van der Waals surface area contributed by atoms with Gasteiger partial charge in [-0.2, -0.15) is 0 Å². The van der Waals surface area contributed by atoms with Gasteiger partial charge in [0.05, 0.1) is 5.52 Å². The first-order valence-electron chi connectivity index (χ1n) is 10.8. The smallest absolute Gasteiger partial charge is 0.326 e. The number of aromatic nitrogens is 3. The van der Waals surface area contributed by atoms with Crippen molar-refractivity contribution in [1.82, 2.24) is 30.1 Å². The van der Waals surface area contributed by atoms with Gasteiger partial charge >= 0.3 is 12.1 Å². The maximum atomic E-state index is 12.1. The van der Waals surface area contributed by atoms with Crippen LogP contribution in [0.25, 0.3) is 10.9 Å². The standard InChI is InChI=1S/C22H30N8O2/c1-4-23-22(32)30-11-9-16-13-17(7-8-18(16)30)27-19-14-20(26-15-25-19)28-21(31)24-10-12-29(5-2)6-3/h7-9,11,13-15H,4-6,10,12H2,1-3H3,(H,23,32)(H3,24,25,26,27,28,31). The first kappa shape index (κ1) is 23.0. The first-order valence-corrected chi connectivity index (χ1v) is 10.8. The van der Waals surface area contributed by atoms with Crippen molar-refractivity contribution in [3.05, 3.63) is 42.9 Å². The third kappa shape index (κ3) is 5.94. The maximum Gasteiger partial charge on any atom is 0.326 e. The average Bonchev–Trinajstić information content (AvgIpc) is 3.20. The molecule has 4 N–H and O–H groups in total. The zero-order valence-electron chi connectivity index (χ0n) is 18.7. The van der Waals surface area contributed by atoms with Crippen molar-refractivity contribution in [3.63, 3.8) is 0 Å². The quantitative estimate of drug-likeness (QED) is 0.408. The lowest BCUT2D eigenvalue weighted by Crippen LogP contribution is -2.37. The van der Waals surface area contributed by atoms with Crippen LogP contribution in [-0.2, 0) is 0 Å². The van der Waals surface area contributed by atoms with Gasteiger partial charge in [0.25, 0.3) is 0 Å². The summed E-state index contributed by atoms with van der Waals surface area (Å²) in [4.78, 5) is 34.8. The van der Waals surface area contributed by atoms with E-state index in [2.05, 4.69) is 50.0 Å². The summed E-state index contributed by atoms with van der Waals surface area (Å²) < 4.78 is 1.58. The van der Waals surface area contributed by atoms with Crippen LogP contribution in [0.1, 0.15) is 20.8 Å². The normalized spacial score (nSPS) is 10.9. The molecule has 0 radical (unpaired) electrons. The Balaban J connectivity index is 1.61. The molecule has 2 heterocycles. The number of rotatable bonds is 9. The second-order valence-electron chi connectivity index (χ2n) is 7.12. The fraction of sp³-hybridized carbons (Fsp3) is 0.364. The summed E-state index contributed by atoms with van der Waals surface area (Å²) in [6, 6.07) is 8.74. The molecule has 0 aliphatic rings. The van der Waals surface area contributed by atoms with E-state index in [1.807, 2.05) is 31.2 Å². The third-order valence-corrected chi connectivity index (χ3v) is 5.03. The highest BCUT2D eigenvalue weighted by atomic mass is 16.2. The number of amides is 3. The van der Waals surface area contributed by atoms with Gasteiger partial charge in [0, 0.05) is 43.0 Å². The van der Waals surface area contributed by atoms with Crippen LogP contribution in [0.15, 0.2) is 42.9 Å². The number of carbonyl (C=O) groups is 2. The molecule has 10 heteroatoms. The average molecular weight is 439 g/mol. The van der Waals surface area contributed by atoms with Gasteiger partial charge in [-0.3, -0.25) is 9.88 Å². The molecule has 0 atom stereocenters. The van der Waals surface area contributed by atoms with Crippen LogP contribution in [0, 0.1) is 0 Å². The lowest BCUT2D eigenvalue weighted by atomic mass is 10.2. The van der Waals surface area contributed by atoms with Crippen molar-refractivity contribution in [2.45, 2.75) is 20.8 Å². The molecular weight excluding hydrogens is 408 g/mol. The minimum Gasteiger partial charge on any atom is -0.340 e. The fourth-order valence-electron chi connectivity index (χ4n) is 3.30. The topological polar surface area (TPSA) is 116 Å². The summed E-state index contributed by atoms with van der Waals surface area (Å²) in [7, 11) is 0. The Morgan fingerprint density at radius 3 is 2.53 bits per heavy atom. The molecule has 0 saturated heterocycles. The summed E-state index contributed by atoms with van der Waals surface area (Å²) in [6.07, 6.45) is 3.13. The number of nitrogens with one attached hydrogen (secondary N) is 4. The van der Waals surface area contributed by atoms with E-state index >= 15 is 0 Å². The predicted octanol–water partition coefficient (Wildman–Crippen LogP) is 3.22. The first-order chi connectivity index (χ1) is 15.5. The number of anilines is 3. The van der Waals surface area contributed by atoms with Crippen LogP contribution in [0.3, 0.4) is 0 Å². The molecule has 0 spiro atoms. The van der Waals surface area contributed by atoms with E-state index in [9.17, 15) is 9.59 Å². The van der Waals surface area contributed by atoms with Gasteiger partial charge in [0.2, 0.25) is 0 Å². The molecule has 3 amide bonds. The number of carbonyl (C=O) groups excluding carboxylic acids is 2. The van der Waals surface area contributed by atoms with Crippen LogP contribution < -0.4 is 21.3 Å². The summed E-state index contributed by atoms with van der Waals surface area (Å²) >= 11 is 0. The fourth-order valence-corrected chi connectivity index (χ4v) is 3.30. The van der Waals surface area contributed by atoms with E-state index < -0.39 is 0 Å². The Morgan fingerprint density at radius 1 is 1.00 bits per heavy atom. The van der Waals surface area contributed by atoms with E-state index in [1.54, 1.807) is 16.8 Å². The maximum absolute atomic E-state index is 12.1. The van der Waals surface area contributed by atoms with E-state index in [4.69, 9.17) is 0 Å². The molecule has 2 aromatic heterocycles. The highest BCUT2D eigenvalue weighted by Gasteiger charge is 2.09. The monoisotopic (exact) mass is 438 g/mol.